The van der Waals surface area contributed by atoms with Crippen molar-refractivity contribution in [2.24, 2.45) is 0 Å². The Balaban J connectivity index is 2.44. The largest absolute Gasteiger partial charge is 0.756 e. The minimum Gasteiger partial charge on any atom is -0.756 e. The minimum absolute atomic E-state index is 0.0487. The summed E-state index contributed by atoms with van der Waals surface area (Å²) >= 11 is 0. The maximum Gasteiger partial charge on any atom is 0.306 e. The summed E-state index contributed by atoms with van der Waals surface area (Å²) in [6.07, 6.45) is 31.4. The molecule has 0 aromatic carbocycles. The first-order chi connectivity index (χ1) is 30.1. The van der Waals surface area contributed by atoms with Gasteiger partial charge in [0.15, 0.2) is 6.10 Å². The van der Waals surface area contributed by atoms with E-state index in [0.717, 1.165) is 95.0 Å². The lowest BCUT2D eigenvalue weighted by Crippen LogP contribution is -2.37. The van der Waals surface area contributed by atoms with Gasteiger partial charge in [-0.25, -0.2) is 0 Å². The molecule has 4 atom stereocenters. The Labute approximate surface area is 381 Å². The SMILES string of the molecule is CC/C=C\C/C=C\C/C=C\C/C=C\C[C@H](O)[C@@H](O)CCCC(=O)OC[C@H](COP(=O)([O-])OCC[N+](C)(C)C)OC(=O)CCCCCCCCCCc1oc(CCCCC)c(C)c1C. The summed E-state index contributed by atoms with van der Waals surface area (Å²) in [5.41, 5.74) is 2.62. The van der Waals surface area contributed by atoms with Gasteiger partial charge in [0.25, 0.3) is 7.82 Å². The summed E-state index contributed by atoms with van der Waals surface area (Å²) in [6, 6.07) is 0. The fourth-order valence-corrected chi connectivity index (χ4v) is 7.35. The zero-order valence-corrected chi connectivity index (χ0v) is 41.1. The predicted octanol–water partition coefficient (Wildman–Crippen LogP) is 10.4. The number of phosphoric acid groups is 1. The van der Waals surface area contributed by atoms with E-state index in [1.165, 1.54) is 30.4 Å². The van der Waals surface area contributed by atoms with Crippen LogP contribution in [0.2, 0.25) is 0 Å². The maximum absolute atomic E-state index is 12.8. The number of likely N-dealkylation sites (N-methyl/N-ethyl adjacent to an activating group) is 1. The van der Waals surface area contributed by atoms with Gasteiger partial charge in [-0.2, -0.15) is 0 Å². The summed E-state index contributed by atoms with van der Waals surface area (Å²) in [7, 11) is 0.983. The van der Waals surface area contributed by atoms with Crippen LogP contribution in [-0.4, -0.2) is 92.5 Å². The highest BCUT2D eigenvalue weighted by molar-refractivity contribution is 7.45. The number of carbonyl (C=O) groups is 2. The van der Waals surface area contributed by atoms with E-state index in [9.17, 15) is 29.3 Å². The molecule has 0 fully saturated rings. The average Bonchev–Trinajstić information content (AvgIpc) is 3.49. The second kappa shape index (κ2) is 35.4. The van der Waals surface area contributed by atoms with Gasteiger partial charge in [-0.05, 0) is 89.2 Å². The lowest BCUT2D eigenvalue weighted by molar-refractivity contribution is -0.870. The third kappa shape index (κ3) is 31.6. The number of aliphatic hydroxyl groups excluding tert-OH is 2. The van der Waals surface area contributed by atoms with Gasteiger partial charge >= 0.3 is 11.9 Å². The molecule has 0 saturated heterocycles. The van der Waals surface area contributed by atoms with Crippen molar-refractivity contribution < 1.29 is 56.7 Å². The molecule has 362 valence electrons. The van der Waals surface area contributed by atoms with E-state index in [2.05, 4.69) is 64.2 Å². The van der Waals surface area contributed by atoms with Gasteiger partial charge in [0, 0.05) is 25.7 Å². The summed E-state index contributed by atoms with van der Waals surface area (Å²) in [5.74, 6) is 1.15. The summed E-state index contributed by atoms with van der Waals surface area (Å²) in [4.78, 5) is 37.8. The molecular weight excluding hydrogens is 822 g/mol. The summed E-state index contributed by atoms with van der Waals surface area (Å²) < 4.78 is 40.0. The number of nitrogens with zero attached hydrogens (tertiary/aromatic N) is 1. The van der Waals surface area contributed by atoms with Crippen molar-refractivity contribution in [3.05, 3.63) is 71.3 Å². The smallest absolute Gasteiger partial charge is 0.306 e. The number of esters is 2. The topological polar surface area (TPSA) is 165 Å². The first kappa shape index (κ1) is 58.2. The molecule has 63 heavy (non-hydrogen) atoms. The standard InChI is InChI=1S/C50H86NO11P/c1-8-10-12-13-14-15-16-17-18-21-24-28-32-45(52)46(53)33-31-37-49(54)58-40-44(41-60-63(56,57)59-39-38-51(5,6)7)61-50(55)36-30-26-23-20-19-22-25-29-35-48-43(4)42(3)47(62-48)34-27-11-9-2/h10,12,14-15,17-18,24,28,44-46,52-53H,8-9,11,13,16,19-23,25-27,29-41H2,1-7H3/b12-10-,15-14-,18-17-,28-24-/t44-,45+,46+/m1/s1. The Morgan fingerprint density at radius 3 is 1.78 bits per heavy atom. The molecule has 0 aliphatic rings. The van der Waals surface area contributed by atoms with E-state index < -0.39 is 51.3 Å². The molecule has 0 bridgehead atoms. The fourth-order valence-electron chi connectivity index (χ4n) is 6.63. The van der Waals surface area contributed by atoms with Gasteiger partial charge in [0.05, 0.1) is 40.0 Å². The Hall–Kier alpha value is -2.83. The van der Waals surface area contributed by atoms with Gasteiger partial charge in [-0.1, -0.05) is 114 Å². The first-order valence-electron chi connectivity index (χ1n) is 23.9. The van der Waals surface area contributed by atoms with Crippen LogP contribution in [0.4, 0.5) is 0 Å². The highest BCUT2D eigenvalue weighted by Gasteiger charge is 2.22. The lowest BCUT2D eigenvalue weighted by Gasteiger charge is -2.28. The van der Waals surface area contributed by atoms with Crippen molar-refractivity contribution >= 4 is 19.8 Å². The number of aliphatic hydroxyl groups is 2. The molecule has 13 heteroatoms. The van der Waals surface area contributed by atoms with Crippen LogP contribution in [0.1, 0.15) is 165 Å². The second-order valence-corrected chi connectivity index (χ2v) is 19.0. The van der Waals surface area contributed by atoms with E-state index in [-0.39, 0.29) is 38.7 Å². The molecule has 2 N–H and O–H groups in total. The number of hydrogen-bond donors (Lipinski definition) is 2. The Kier molecular flexibility index (Phi) is 32.7. The molecule has 1 aromatic heterocycles. The number of furan rings is 1. The van der Waals surface area contributed by atoms with Gasteiger partial charge in [-0.3, -0.25) is 14.2 Å². The predicted molar refractivity (Wildman–Crippen MR) is 251 cm³/mol. The van der Waals surface area contributed by atoms with Crippen molar-refractivity contribution in [2.75, 3.05) is 47.5 Å². The number of carbonyl (C=O) groups excluding carboxylic acids is 2. The van der Waals surface area contributed by atoms with Crippen LogP contribution in [0.15, 0.2) is 53.0 Å². The van der Waals surface area contributed by atoms with Gasteiger partial charge < -0.3 is 42.5 Å². The molecule has 1 aromatic rings. The molecule has 0 aliphatic heterocycles. The number of hydrogen-bond acceptors (Lipinski definition) is 11. The number of phosphoric ester groups is 1. The van der Waals surface area contributed by atoms with Crippen molar-refractivity contribution in [1.82, 2.24) is 0 Å². The quantitative estimate of drug-likeness (QED) is 0.0212. The van der Waals surface area contributed by atoms with E-state index in [1.807, 2.05) is 33.3 Å². The van der Waals surface area contributed by atoms with Crippen LogP contribution < -0.4 is 4.89 Å². The van der Waals surface area contributed by atoms with Crippen LogP contribution in [0.5, 0.6) is 0 Å². The van der Waals surface area contributed by atoms with E-state index in [0.29, 0.717) is 17.4 Å². The molecule has 1 rings (SSSR count). The van der Waals surface area contributed by atoms with Crippen LogP contribution in [-0.2, 0) is 45.5 Å². The summed E-state index contributed by atoms with van der Waals surface area (Å²) in [5, 5.41) is 20.8. The molecule has 1 heterocycles. The van der Waals surface area contributed by atoms with Gasteiger partial charge in [0.2, 0.25) is 0 Å². The van der Waals surface area contributed by atoms with Crippen LogP contribution in [0, 0.1) is 13.8 Å². The Morgan fingerprint density at radius 1 is 0.683 bits per heavy atom. The van der Waals surface area contributed by atoms with Crippen molar-refractivity contribution in [3.8, 4) is 0 Å². The van der Waals surface area contributed by atoms with E-state index >= 15 is 0 Å². The fraction of sp³-hybridized carbons (Fsp3) is 0.720. The van der Waals surface area contributed by atoms with E-state index in [1.54, 1.807) is 0 Å². The first-order valence-corrected chi connectivity index (χ1v) is 25.3. The minimum atomic E-state index is -4.71. The molecule has 0 aliphatic carbocycles. The number of quaternary nitrogens is 1. The van der Waals surface area contributed by atoms with Crippen LogP contribution >= 0.6 is 7.82 Å². The van der Waals surface area contributed by atoms with Gasteiger partial charge in [-0.15, -0.1) is 0 Å². The monoisotopic (exact) mass is 908 g/mol. The van der Waals surface area contributed by atoms with Gasteiger partial charge in [0.1, 0.15) is 31.3 Å². The third-order valence-corrected chi connectivity index (χ3v) is 11.7. The number of allylic oxidation sites excluding steroid dienone is 7. The second-order valence-electron chi connectivity index (χ2n) is 17.6. The molecule has 1 unspecified atom stereocenters. The molecule has 0 spiro atoms. The van der Waals surface area contributed by atoms with Crippen LogP contribution in [0.25, 0.3) is 0 Å². The maximum atomic E-state index is 12.8. The van der Waals surface area contributed by atoms with Crippen molar-refractivity contribution in [2.45, 2.75) is 187 Å². The Morgan fingerprint density at radius 2 is 1.21 bits per heavy atom. The van der Waals surface area contributed by atoms with Crippen molar-refractivity contribution in [3.63, 3.8) is 0 Å². The lowest BCUT2D eigenvalue weighted by atomic mass is 10.0. The molecular formula is C50H86NO11P. The number of aryl methyl sites for hydroxylation is 2. The summed E-state index contributed by atoms with van der Waals surface area (Å²) in [6.45, 7) is 8.05. The molecule has 0 saturated carbocycles. The Bertz CT molecular complexity index is 1530. The molecule has 0 radical (unpaired) electrons. The number of unbranched alkanes of at least 4 members (excludes halogenated alkanes) is 9. The normalized spacial score (nSPS) is 14.9. The molecule has 0 amide bonds. The van der Waals surface area contributed by atoms with Crippen LogP contribution in [0.3, 0.4) is 0 Å². The van der Waals surface area contributed by atoms with Crippen molar-refractivity contribution in [1.29, 1.82) is 0 Å². The third-order valence-electron chi connectivity index (χ3n) is 10.8. The highest BCUT2D eigenvalue weighted by Crippen LogP contribution is 2.38. The van der Waals surface area contributed by atoms with E-state index in [4.69, 9.17) is 22.9 Å². The number of ether oxygens (including phenoxy) is 2. The zero-order chi connectivity index (χ0) is 46.8. The zero-order valence-electron chi connectivity index (χ0n) is 40.2. The number of rotatable bonds is 39. The molecule has 12 nitrogen and oxygen atoms in total. The average molecular weight is 908 g/mol. The highest BCUT2D eigenvalue weighted by atomic mass is 31.2.